The van der Waals surface area contributed by atoms with E-state index in [0.717, 1.165) is 30.8 Å². The summed E-state index contributed by atoms with van der Waals surface area (Å²) in [5.74, 6) is -0.142. The van der Waals surface area contributed by atoms with Gasteiger partial charge in [-0.25, -0.2) is 0 Å². The molecule has 0 unspecified atom stereocenters. The van der Waals surface area contributed by atoms with Crippen LogP contribution in [0.25, 0.3) is 0 Å². The molecule has 3 N–H and O–H groups in total. The van der Waals surface area contributed by atoms with Gasteiger partial charge in [0, 0.05) is 28.7 Å². The van der Waals surface area contributed by atoms with E-state index in [4.69, 9.17) is 17.3 Å². The van der Waals surface area contributed by atoms with Crippen LogP contribution in [-0.4, -0.2) is 24.4 Å². The van der Waals surface area contributed by atoms with Gasteiger partial charge in [0.1, 0.15) is 0 Å². The number of nitrogen functional groups attached to an aromatic ring is 1. The molecule has 1 aromatic carbocycles. The number of benzene rings is 1. The number of hydrogen-bond donors (Lipinski definition) is 2. The van der Waals surface area contributed by atoms with Crippen molar-refractivity contribution in [2.75, 3.05) is 24.6 Å². The number of thiophene rings is 1. The van der Waals surface area contributed by atoms with Gasteiger partial charge in [0.05, 0.1) is 10.6 Å². The van der Waals surface area contributed by atoms with Crippen molar-refractivity contribution in [2.45, 2.75) is 13.0 Å². The van der Waals surface area contributed by atoms with Gasteiger partial charge in [-0.05, 0) is 43.3 Å². The van der Waals surface area contributed by atoms with Crippen molar-refractivity contribution in [1.29, 1.82) is 0 Å². The van der Waals surface area contributed by atoms with E-state index in [1.165, 1.54) is 16.2 Å². The van der Waals surface area contributed by atoms with Gasteiger partial charge in [0.15, 0.2) is 0 Å². The number of fused-ring (bicyclic) bond motifs is 1. The van der Waals surface area contributed by atoms with Gasteiger partial charge >= 0.3 is 0 Å². The lowest BCUT2D eigenvalue weighted by Gasteiger charge is -2.22. The number of anilines is 2. The number of carbonyl (C=O) groups excluding carboxylic acids is 1. The molecule has 2 heterocycles. The molecule has 0 spiro atoms. The SMILES string of the molecule is CN1CCc2c(sc(N)c2C(=O)Nc2ccc(Cl)cc2)C1. The molecule has 0 saturated heterocycles. The second kappa shape index (κ2) is 5.67. The second-order valence-electron chi connectivity index (χ2n) is 5.19. The van der Waals surface area contributed by atoms with Crippen molar-refractivity contribution in [3.63, 3.8) is 0 Å². The van der Waals surface area contributed by atoms with Gasteiger partial charge in [-0.1, -0.05) is 11.6 Å². The third-order valence-corrected chi connectivity index (χ3v) is 4.90. The predicted octanol–water partition coefficient (Wildman–Crippen LogP) is 3.22. The molecule has 1 aliphatic rings. The smallest absolute Gasteiger partial charge is 0.258 e. The summed E-state index contributed by atoms with van der Waals surface area (Å²) in [6, 6.07) is 7.06. The van der Waals surface area contributed by atoms with Crippen LogP contribution in [0.15, 0.2) is 24.3 Å². The summed E-state index contributed by atoms with van der Waals surface area (Å²) in [6.07, 6.45) is 0.864. The Balaban J connectivity index is 1.86. The molecule has 1 aromatic heterocycles. The van der Waals surface area contributed by atoms with E-state index in [-0.39, 0.29) is 5.91 Å². The zero-order valence-corrected chi connectivity index (χ0v) is 13.2. The number of amides is 1. The fourth-order valence-electron chi connectivity index (χ4n) is 2.53. The molecule has 4 nitrogen and oxygen atoms in total. The zero-order chi connectivity index (χ0) is 15.0. The van der Waals surface area contributed by atoms with Crippen LogP contribution in [0.5, 0.6) is 0 Å². The lowest BCUT2D eigenvalue weighted by atomic mass is 10.0. The monoisotopic (exact) mass is 321 g/mol. The van der Waals surface area contributed by atoms with Crippen LogP contribution in [0.3, 0.4) is 0 Å². The van der Waals surface area contributed by atoms with Gasteiger partial charge in [-0.3, -0.25) is 4.79 Å². The largest absolute Gasteiger partial charge is 0.390 e. The molecule has 0 radical (unpaired) electrons. The van der Waals surface area contributed by atoms with Crippen molar-refractivity contribution in [1.82, 2.24) is 4.90 Å². The Hall–Kier alpha value is -1.56. The first-order valence-electron chi connectivity index (χ1n) is 6.70. The van der Waals surface area contributed by atoms with Crippen molar-refractivity contribution >= 4 is 39.5 Å². The third kappa shape index (κ3) is 2.90. The van der Waals surface area contributed by atoms with E-state index in [0.29, 0.717) is 15.6 Å². The molecule has 3 rings (SSSR count). The summed E-state index contributed by atoms with van der Waals surface area (Å²) < 4.78 is 0. The average Bonchev–Trinajstić information content (AvgIpc) is 2.76. The van der Waals surface area contributed by atoms with Gasteiger partial charge < -0.3 is 16.0 Å². The van der Waals surface area contributed by atoms with E-state index in [9.17, 15) is 4.79 Å². The van der Waals surface area contributed by atoms with Crippen LogP contribution in [0.2, 0.25) is 5.02 Å². The Labute approximate surface area is 132 Å². The Kier molecular flexibility index (Phi) is 3.89. The quantitative estimate of drug-likeness (QED) is 0.893. The molecule has 0 bridgehead atoms. The summed E-state index contributed by atoms with van der Waals surface area (Å²) >= 11 is 7.36. The number of likely N-dealkylation sites (N-methyl/N-ethyl adjacent to an activating group) is 1. The first kappa shape index (κ1) is 14.4. The molecule has 1 amide bonds. The summed E-state index contributed by atoms with van der Waals surface area (Å²) in [5, 5.41) is 4.13. The van der Waals surface area contributed by atoms with Gasteiger partial charge in [-0.2, -0.15) is 0 Å². The lowest BCUT2D eigenvalue weighted by Crippen LogP contribution is -2.27. The van der Waals surface area contributed by atoms with E-state index in [1.54, 1.807) is 24.3 Å². The Bertz CT molecular complexity index is 681. The van der Waals surface area contributed by atoms with Crippen molar-refractivity contribution in [3.8, 4) is 0 Å². The van der Waals surface area contributed by atoms with Crippen molar-refractivity contribution in [3.05, 3.63) is 45.3 Å². The summed E-state index contributed by atoms with van der Waals surface area (Å²) in [6.45, 7) is 1.81. The predicted molar refractivity (Wildman–Crippen MR) is 88.2 cm³/mol. The first-order valence-corrected chi connectivity index (χ1v) is 7.89. The Morgan fingerprint density at radius 1 is 1.38 bits per heavy atom. The molecule has 0 aliphatic carbocycles. The Morgan fingerprint density at radius 3 is 2.81 bits per heavy atom. The van der Waals surface area contributed by atoms with Gasteiger partial charge in [0.2, 0.25) is 0 Å². The average molecular weight is 322 g/mol. The summed E-state index contributed by atoms with van der Waals surface area (Å²) in [5.41, 5.74) is 8.52. The molecular formula is C15H16ClN3OS. The zero-order valence-electron chi connectivity index (χ0n) is 11.6. The second-order valence-corrected chi connectivity index (χ2v) is 6.77. The number of hydrogen-bond acceptors (Lipinski definition) is 4. The number of rotatable bonds is 2. The van der Waals surface area contributed by atoms with Crippen LogP contribution in [0, 0.1) is 0 Å². The molecule has 0 atom stereocenters. The molecule has 110 valence electrons. The van der Waals surface area contributed by atoms with E-state index in [2.05, 4.69) is 17.3 Å². The minimum absolute atomic E-state index is 0.142. The number of nitrogens with one attached hydrogen (secondary N) is 1. The van der Waals surface area contributed by atoms with Crippen LogP contribution in [-0.2, 0) is 13.0 Å². The minimum atomic E-state index is -0.142. The summed E-state index contributed by atoms with van der Waals surface area (Å²) in [4.78, 5) is 15.9. The number of halogens is 1. The molecule has 21 heavy (non-hydrogen) atoms. The highest BCUT2D eigenvalue weighted by Crippen LogP contribution is 2.35. The van der Waals surface area contributed by atoms with Crippen LogP contribution in [0.1, 0.15) is 20.8 Å². The van der Waals surface area contributed by atoms with Crippen LogP contribution >= 0.6 is 22.9 Å². The van der Waals surface area contributed by atoms with Gasteiger partial charge in [-0.15, -0.1) is 11.3 Å². The van der Waals surface area contributed by atoms with Crippen molar-refractivity contribution < 1.29 is 4.79 Å². The molecule has 6 heteroatoms. The number of nitrogens with zero attached hydrogens (tertiary/aromatic N) is 1. The Morgan fingerprint density at radius 2 is 2.10 bits per heavy atom. The fourth-order valence-corrected chi connectivity index (χ4v) is 3.85. The third-order valence-electron chi connectivity index (χ3n) is 3.60. The lowest BCUT2D eigenvalue weighted by molar-refractivity contribution is 0.102. The molecular weight excluding hydrogens is 306 g/mol. The van der Waals surface area contributed by atoms with E-state index >= 15 is 0 Å². The fraction of sp³-hybridized carbons (Fsp3) is 0.267. The highest BCUT2D eigenvalue weighted by atomic mass is 35.5. The van der Waals surface area contributed by atoms with Crippen molar-refractivity contribution in [2.24, 2.45) is 0 Å². The molecule has 0 saturated carbocycles. The minimum Gasteiger partial charge on any atom is -0.390 e. The maximum absolute atomic E-state index is 12.5. The highest BCUT2D eigenvalue weighted by Gasteiger charge is 2.25. The standard InChI is InChI=1S/C15H16ClN3OS/c1-19-7-6-11-12(8-19)21-14(17)13(11)15(20)18-10-4-2-9(16)3-5-10/h2-5H,6-8,17H2,1H3,(H,18,20). The number of carbonyl (C=O) groups is 1. The van der Waals surface area contributed by atoms with E-state index < -0.39 is 0 Å². The maximum Gasteiger partial charge on any atom is 0.258 e. The number of nitrogens with two attached hydrogens (primary N) is 1. The molecule has 0 fully saturated rings. The molecule has 2 aromatic rings. The maximum atomic E-state index is 12.5. The topological polar surface area (TPSA) is 58.4 Å². The van der Waals surface area contributed by atoms with E-state index in [1.807, 2.05) is 0 Å². The van der Waals surface area contributed by atoms with Gasteiger partial charge in [0.25, 0.3) is 5.91 Å². The summed E-state index contributed by atoms with van der Waals surface area (Å²) in [7, 11) is 2.08. The molecule has 1 aliphatic heterocycles. The van der Waals surface area contributed by atoms with Crippen LogP contribution < -0.4 is 11.1 Å². The highest BCUT2D eigenvalue weighted by molar-refractivity contribution is 7.16. The van der Waals surface area contributed by atoms with Crippen LogP contribution in [0.4, 0.5) is 10.7 Å². The normalized spacial score (nSPS) is 14.8. The first-order chi connectivity index (χ1) is 10.0.